The molecule has 0 fully saturated rings. The number of halogens is 4. The molecule has 3 nitrogen and oxygen atoms in total. The predicted octanol–water partition coefficient (Wildman–Crippen LogP) is 4.29. The number of alkyl halides is 3. The number of nitrogens with one attached hydrogen (secondary N) is 1. The minimum Gasteiger partial charge on any atom is -0.398 e. The molecular formula is C16H14BrF3N2O. The van der Waals surface area contributed by atoms with E-state index in [2.05, 4.69) is 21.2 Å². The number of hydrogen-bond donors (Lipinski definition) is 2. The quantitative estimate of drug-likeness (QED) is 0.773. The number of anilines is 1. The van der Waals surface area contributed by atoms with Gasteiger partial charge < -0.3 is 11.1 Å². The largest absolute Gasteiger partial charge is 0.416 e. The van der Waals surface area contributed by atoms with Crippen LogP contribution in [0.1, 0.15) is 27.0 Å². The van der Waals surface area contributed by atoms with Crippen LogP contribution >= 0.6 is 15.9 Å². The monoisotopic (exact) mass is 386 g/mol. The van der Waals surface area contributed by atoms with Crippen LogP contribution in [0.2, 0.25) is 0 Å². The molecule has 2 rings (SSSR count). The number of rotatable bonds is 3. The molecule has 0 atom stereocenters. The molecule has 3 N–H and O–H groups in total. The lowest BCUT2D eigenvalue weighted by atomic mass is 10.1. The van der Waals surface area contributed by atoms with Crippen LogP contribution in [0, 0.1) is 6.92 Å². The molecule has 0 unspecified atom stereocenters. The van der Waals surface area contributed by atoms with Crippen molar-refractivity contribution >= 4 is 27.5 Å². The summed E-state index contributed by atoms with van der Waals surface area (Å²) in [5, 5.41) is 2.49. The molecule has 0 aromatic heterocycles. The first kappa shape index (κ1) is 17.3. The summed E-state index contributed by atoms with van der Waals surface area (Å²) in [7, 11) is 0. The highest BCUT2D eigenvalue weighted by atomic mass is 79.9. The zero-order chi connectivity index (χ0) is 17.2. The Balaban J connectivity index is 2.23. The van der Waals surface area contributed by atoms with Crippen molar-refractivity contribution in [2.45, 2.75) is 19.6 Å². The first-order valence-electron chi connectivity index (χ1n) is 6.69. The van der Waals surface area contributed by atoms with Crippen molar-refractivity contribution < 1.29 is 18.0 Å². The van der Waals surface area contributed by atoms with E-state index in [1.54, 1.807) is 19.1 Å². The van der Waals surface area contributed by atoms with Gasteiger partial charge in [-0.15, -0.1) is 0 Å². The summed E-state index contributed by atoms with van der Waals surface area (Å²) in [5.74, 6) is -0.532. The molecule has 0 bridgehead atoms. The van der Waals surface area contributed by atoms with E-state index in [0.29, 0.717) is 15.7 Å². The van der Waals surface area contributed by atoms with Gasteiger partial charge in [-0.05, 0) is 46.1 Å². The van der Waals surface area contributed by atoms with Crippen LogP contribution < -0.4 is 11.1 Å². The van der Waals surface area contributed by atoms with E-state index in [-0.39, 0.29) is 17.7 Å². The van der Waals surface area contributed by atoms with E-state index < -0.39 is 17.6 Å². The molecule has 0 heterocycles. The van der Waals surface area contributed by atoms with Crippen molar-refractivity contribution in [3.8, 4) is 0 Å². The van der Waals surface area contributed by atoms with Gasteiger partial charge in [-0.25, -0.2) is 0 Å². The van der Waals surface area contributed by atoms with Crippen molar-refractivity contribution in [1.29, 1.82) is 0 Å². The van der Waals surface area contributed by atoms with Crippen molar-refractivity contribution in [2.24, 2.45) is 0 Å². The predicted molar refractivity (Wildman–Crippen MR) is 85.9 cm³/mol. The normalized spacial score (nSPS) is 11.3. The fourth-order valence-corrected chi connectivity index (χ4v) is 2.67. The lowest BCUT2D eigenvalue weighted by Gasteiger charge is -2.15. The third-order valence-electron chi connectivity index (χ3n) is 3.40. The molecule has 7 heteroatoms. The minimum atomic E-state index is -4.47. The SMILES string of the molecule is Cc1ccc(Br)c(C(=O)NCc2ccccc2C(F)(F)F)c1N. The minimum absolute atomic E-state index is 0.00398. The third kappa shape index (κ3) is 3.85. The van der Waals surface area contributed by atoms with Crippen molar-refractivity contribution in [3.63, 3.8) is 0 Å². The second-order valence-corrected chi connectivity index (χ2v) is 5.84. The Morgan fingerprint density at radius 2 is 1.87 bits per heavy atom. The first-order chi connectivity index (χ1) is 10.7. The van der Waals surface area contributed by atoms with Gasteiger partial charge in [0.15, 0.2) is 0 Å². The van der Waals surface area contributed by atoms with Crippen LogP contribution in [0.5, 0.6) is 0 Å². The average molecular weight is 387 g/mol. The molecule has 1 amide bonds. The Labute approximate surface area is 139 Å². The second kappa shape index (κ2) is 6.62. The number of carbonyl (C=O) groups excluding carboxylic acids is 1. The summed E-state index contributed by atoms with van der Waals surface area (Å²) in [4.78, 5) is 12.3. The number of carbonyl (C=O) groups is 1. The number of nitrogens with two attached hydrogens (primary N) is 1. The molecule has 0 aliphatic heterocycles. The fourth-order valence-electron chi connectivity index (χ4n) is 2.14. The highest BCUT2D eigenvalue weighted by Crippen LogP contribution is 2.32. The van der Waals surface area contributed by atoms with Gasteiger partial charge in [0.05, 0.1) is 11.1 Å². The number of nitrogen functional groups attached to an aromatic ring is 1. The summed E-state index contributed by atoms with van der Waals surface area (Å²) >= 11 is 3.23. The molecule has 2 aromatic carbocycles. The van der Waals surface area contributed by atoms with Crippen LogP contribution in [-0.2, 0) is 12.7 Å². The molecule has 23 heavy (non-hydrogen) atoms. The van der Waals surface area contributed by atoms with Crippen LogP contribution in [0.4, 0.5) is 18.9 Å². The Morgan fingerprint density at radius 1 is 1.22 bits per heavy atom. The third-order valence-corrected chi connectivity index (χ3v) is 4.06. The molecule has 2 aromatic rings. The van der Waals surface area contributed by atoms with E-state index in [4.69, 9.17) is 5.73 Å². The lowest BCUT2D eigenvalue weighted by molar-refractivity contribution is -0.138. The first-order valence-corrected chi connectivity index (χ1v) is 7.49. The Morgan fingerprint density at radius 3 is 2.52 bits per heavy atom. The van der Waals surface area contributed by atoms with Gasteiger partial charge in [-0.2, -0.15) is 13.2 Å². The Kier molecular flexibility index (Phi) is 4.99. The van der Waals surface area contributed by atoms with Gasteiger partial charge in [0.2, 0.25) is 0 Å². The second-order valence-electron chi connectivity index (χ2n) is 4.99. The summed E-state index contributed by atoms with van der Waals surface area (Å²) < 4.78 is 39.3. The number of amides is 1. The Hall–Kier alpha value is -2.02. The molecular weight excluding hydrogens is 373 g/mol. The summed E-state index contributed by atoms with van der Waals surface area (Å²) in [5.41, 5.74) is 6.34. The summed E-state index contributed by atoms with van der Waals surface area (Å²) in [6.07, 6.45) is -4.47. The zero-order valence-electron chi connectivity index (χ0n) is 12.2. The number of benzene rings is 2. The van der Waals surface area contributed by atoms with Gasteiger partial charge in [-0.1, -0.05) is 24.3 Å². The van der Waals surface area contributed by atoms with Gasteiger partial charge in [0.25, 0.3) is 5.91 Å². The smallest absolute Gasteiger partial charge is 0.398 e. The van der Waals surface area contributed by atoms with E-state index in [1.807, 2.05) is 0 Å². The highest BCUT2D eigenvalue weighted by molar-refractivity contribution is 9.10. The standard InChI is InChI=1S/C16H14BrF3N2O/c1-9-6-7-12(17)13(14(9)21)15(23)22-8-10-4-2-3-5-11(10)16(18,19)20/h2-7H,8,21H2,1H3,(H,22,23). The summed E-state index contributed by atoms with van der Waals surface area (Å²) in [6.45, 7) is 1.51. The molecule has 0 radical (unpaired) electrons. The van der Waals surface area contributed by atoms with Crippen molar-refractivity contribution in [3.05, 3.63) is 63.1 Å². The lowest BCUT2D eigenvalue weighted by Crippen LogP contribution is -2.26. The van der Waals surface area contributed by atoms with Crippen molar-refractivity contribution in [1.82, 2.24) is 5.32 Å². The zero-order valence-corrected chi connectivity index (χ0v) is 13.8. The van der Waals surface area contributed by atoms with E-state index in [9.17, 15) is 18.0 Å². The fraction of sp³-hybridized carbons (Fsp3) is 0.188. The van der Waals surface area contributed by atoms with Crippen LogP contribution in [0.15, 0.2) is 40.9 Å². The van der Waals surface area contributed by atoms with Gasteiger partial charge in [0, 0.05) is 16.7 Å². The maximum atomic E-state index is 12.9. The van der Waals surface area contributed by atoms with Crippen LogP contribution in [0.3, 0.4) is 0 Å². The van der Waals surface area contributed by atoms with Crippen LogP contribution in [0.25, 0.3) is 0 Å². The molecule has 122 valence electrons. The van der Waals surface area contributed by atoms with E-state index >= 15 is 0 Å². The molecule has 0 spiro atoms. The van der Waals surface area contributed by atoms with Gasteiger partial charge in [-0.3, -0.25) is 4.79 Å². The Bertz CT molecular complexity index is 745. The number of hydrogen-bond acceptors (Lipinski definition) is 2. The topological polar surface area (TPSA) is 55.1 Å². The maximum Gasteiger partial charge on any atom is 0.416 e. The van der Waals surface area contributed by atoms with Gasteiger partial charge >= 0.3 is 6.18 Å². The maximum absolute atomic E-state index is 12.9. The van der Waals surface area contributed by atoms with Crippen molar-refractivity contribution in [2.75, 3.05) is 5.73 Å². The van der Waals surface area contributed by atoms with E-state index in [1.165, 1.54) is 18.2 Å². The number of aryl methyl sites for hydroxylation is 1. The van der Waals surface area contributed by atoms with E-state index in [0.717, 1.165) is 6.07 Å². The highest BCUT2D eigenvalue weighted by Gasteiger charge is 2.32. The average Bonchev–Trinajstić information content (AvgIpc) is 2.49. The molecule has 0 aliphatic carbocycles. The molecule has 0 saturated heterocycles. The molecule has 0 saturated carbocycles. The summed E-state index contributed by atoms with van der Waals surface area (Å²) in [6, 6.07) is 8.53. The molecule has 0 aliphatic rings. The van der Waals surface area contributed by atoms with Gasteiger partial charge in [0.1, 0.15) is 0 Å². The van der Waals surface area contributed by atoms with Crippen LogP contribution in [-0.4, -0.2) is 5.91 Å².